The first-order chi connectivity index (χ1) is 10.1. The summed E-state index contributed by atoms with van der Waals surface area (Å²) in [5, 5.41) is 4.00. The molecule has 21 heavy (non-hydrogen) atoms. The van der Waals surface area contributed by atoms with Gasteiger partial charge in [-0.15, -0.1) is 11.3 Å². The average molecular weight is 297 g/mol. The largest absolute Gasteiger partial charge is 0.399 e. The SMILES string of the molecule is CC(NC(=O)c1cc2cc(N)ccc2s1)c1ccncc1. The number of benzene rings is 1. The average Bonchev–Trinajstić information content (AvgIpc) is 2.91. The Morgan fingerprint density at radius 3 is 2.76 bits per heavy atom. The van der Waals surface area contributed by atoms with Crippen LogP contribution in [0.3, 0.4) is 0 Å². The van der Waals surface area contributed by atoms with Gasteiger partial charge < -0.3 is 11.1 Å². The molecule has 0 saturated carbocycles. The van der Waals surface area contributed by atoms with Crippen LogP contribution in [-0.2, 0) is 0 Å². The van der Waals surface area contributed by atoms with Gasteiger partial charge in [0.05, 0.1) is 10.9 Å². The summed E-state index contributed by atoms with van der Waals surface area (Å²) in [7, 11) is 0. The number of nitrogens with zero attached hydrogens (tertiary/aromatic N) is 1. The Morgan fingerprint density at radius 1 is 1.24 bits per heavy atom. The zero-order valence-corrected chi connectivity index (χ0v) is 12.4. The van der Waals surface area contributed by atoms with Gasteiger partial charge in [-0.1, -0.05) is 0 Å². The number of carbonyl (C=O) groups is 1. The number of aromatic nitrogens is 1. The van der Waals surface area contributed by atoms with E-state index < -0.39 is 0 Å². The number of pyridine rings is 1. The smallest absolute Gasteiger partial charge is 0.261 e. The highest BCUT2D eigenvalue weighted by Gasteiger charge is 2.14. The fourth-order valence-electron chi connectivity index (χ4n) is 2.18. The van der Waals surface area contributed by atoms with Crippen LogP contribution >= 0.6 is 11.3 Å². The van der Waals surface area contributed by atoms with Crippen molar-refractivity contribution in [2.45, 2.75) is 13.0 Å². The van der Waals surface area contributed by atoms with E-state index in [1.165, 1.54) is 11.3 Å². The van der Waals surface area contributed by atoms with E-state index in [-0.39, 0.29) is 11.9 Å². The van der Waals surface area contributed by atoms with E-state index in [0.29, 0.717) is 10.6 Å². The molecule has 3 N–H and O–H groups in total. The second-order valence-electron chi connectivity index (χ2n) is 4.88. The number of thiophene rings is 1. The number of rotatable bonds is 3. The number of hydrogen-bond acceptors (Lipinski definition) is 4. The number of fused-ring (bicyclic) bond motifs is 1. The lowest BCUT2D eigenvalue weighted by Crippen LogP contribution is -2.25. The number of anilines is 1. The number of carbonyl (C=O) groups excluding carboxylic acids is 1. The third-order valence-corrected chi connectivity index (χ3v) is 4.43. The van der Waals surface area contributed by atoms with Crippen molar-refractivity contribution in [2.24, 2.45) is 0 Å². The molecule has 3 rings (SSSR count). The van der Waals surface area contributed by atoms with Crippen LogP contribution in [0.15, 0.2) is 48.8 Å². The molecule has 1 atom stereocenters. The first-order valence-corrected chi connectivity index (χ1v) is 7.45. The molecule has 106 valence electrons. The predicted molar refractivity (Wildman–Crippen MR) is 86.4 cm³/mol. The van der Waals surface area contributed by atoms with Gasteiger partial charge in [-0.05, 0) is 54.3 Å². The third-order valence-electron chi connectivity index (χ3n) is 3.32. The van der Waals surface area contributed by atoms with Crippen molar-refractivity contribution < 1.29 is 4.79 Å². The number of amides is 1. The highest BCUT2D eigenvalue weighted by Crippen LogP contribution is 2.27. The van der Waals surface area contributed by atoms with Crippen molar-refractivity contribution in [2.75, 3.05) is 5.73 Å². The minimum atomic E-state index is -0.0703. The number of nitrogen functional groups attached to an aromatic ring is 1. The lowest BCUT2D eigenvalue weighted by Gasteiger charge is -2.13. The molecule has 0 saturated heterocycles. The Balaban J connectivity index is 1.80. The van der Waals surface area contributed by atoms with Gasteiger partial charge in [0.15, 0.2) is 0 Å². The van der Waals surface area contributed by atoms with Crippen LogP contribution in [0.1, 0.15) is 28.2 Å². The Kier molecular flexibility index (Phi) is 3.58. The molecule has 3 aromatic rings. The van der Waals surface area contributed by atoms with E-state index in [9.17, 15) is 4.79 Å². The van der Waals surface area contributed by atoms with E-state index in [2.05, 4.69) is 10.3 Å². The van der Waals surface area contributed by atoms with Crippen LogP contribution in [0.5, 0.6) is 0 Å². The quantitative estimate of drug-likeness (QED) is 0.728. The Morgan fingerprint density at radius 2 is 2.00 bits per heavy atom. The van der Waals surface area contributed by atoms with Gasteiger partial charge in [-0.2, -0.15) is 0 Å². The highest BCUT2D eigenvalue weighted by atomic mass is 32.1. The summed E-state index contributed by atoms with van der Waals surface area (Å²) in [6, 6.07) is 11.3. The molecule has 0 aliphatic carbocycles. The van der Waals surface area contributed by atoms with Gasteiger partial charge in [-0.3, -0.25) is 9.78 Å². The van der Waals surface area contributed by atoms with Gasteiger partial charge >= 0.3 is 0 Å². The first-order valence-electron chi connectivity index (χ1n) is 6.63. The fourth-order valence-corrected chi connectivity index (χ4v) is 3.12. The number of nitrogens with two attached hydrogens (primary N) is 1. The molecule has 2 aromatic heterocycles. The maximum absolute atomic E-state index is 12.3. The van der Waals surface area contributed by atoms with Crippen LogP contribution in [0.25, 0.3) is 10.1 Å². The van der Waals surface area contributed by atoms with Gasteiger partial charge in [0, 0.05) is 22.8 Å². The Labute approximate surface area is 126 Å². The minimum Gasteiger partial charge on any atom is -0.399 e. The van der Waals surface area contributed by atoms with E-state index in [4.69, 9.17) is 5.73 Å². The molecule has 1 aromatic carbocycles. The summed E-state index contributed by atoms with van der Waals surface area (Å²) in [6.07, 6.45) is 3.44. The molecule has 4 nitrogen and oxygen atoms in total. The second-order valence-corrected chi connectivity index (χ2v) is 5.97. The summed E-state index contributed by atoms with van der Waals surface area (Å²) in [4.78, 5) is 17.0. The minimum absolute atomic E-state index is 0.0595. The summed E-state index contributed by atoms with van der Waals surface area (Å²) in [5.74, 6) is -0.0703. The van der Waals surface area contributed by atoms with Crippen molar-refractivity contribution in [1.29, 1.82) is 0 Å². The fraction of sp³-hybridized carbons (Fsp3) is 0.125. The molecule has 0 aliphatic heterocycles. The monoisotopic (exact) mass is 297 g/mol. The summed E-state index contributed by atoms with van der Waals surface area (Å²) in [5.41, 5.74) is 7.50. The van der Waals surface area contributed by atoms with Crippen molar-refractivity contribution in [3.8, 4) is 0 Å². The summed E-state index contributed by atoms with van der Waals surface area (Å²) in [6.45, 7) is 1.96. The molecule has 0 aliphatic rings. The predicted octanol–water partition coefficient (Wildman–Crippen LogP) is 3.37. The van der Waals surface area contributed by atoms with E-state index in [0.717, 1.165) is 15.6 Å². The van der Waals surface area contributed by atoms with Crippen LogP contribution in [0.2, 0.25) is 0 Å². The third kappa shape index (κ3) is 2.87. The van der Waals surface area contributed by atoms with Crippen molar-refractivity contribution in [3.63, 3.8) is 0 Å². The van der Waals surface area contributed by atoms with Gasteiger partial charge in [0.2, 0.25) is 0 Å². The van der Waals surface area contributed by atoms with Crippen molar-refractivity contribution in [3.05, 3.63) is 59.2 Å². The lowest BCUT2D eigenvalue weighted by atomic mass is 10.1. The molecule has 0 bridgehead atoms. The molecule has 1 amide bonds. The van der Waals surface area contributed by atoms with Gasteiger partial charge in [0.25, 0.3) is 5.91 Å². The van der Waals surface area contributed by atoms with Gasteiger partial charge in [0.1, 0.15) is 0 Å². The van der Waals surface area contributed by atoms with Crippen molar-refractivity contribution >= 4 is 33.0 Å². The van der Waals surface area contributed by atoms with Crippen LogP contribution in [0.4, 0.5) is 5.69 Å². The maximum Gasteiger partial charge on any atom is 0.261 e. The topological polar surface area (TPSA) is 68.0 Å². The van der Waals surface area contributed by atoms with E-state index >= 15 is 0 Å². The first kappa shape index (κ1) is 13.6. The molecule has 0 spiro atoms. The van der Waals surface area contributed by atoms with Crippen molar-refractivity contribution in [1.82, 2.24) is 10.3 Å². The Hall–Kier alpha value is -2.40. The van der Waals surface area contributed by atoms with Gasteiger partial charge in [-0.25, -0.2) is 0 Å². The highest BCUT2D eigenvalue weighted by molar-refractivity contribution is 7.20. The molecule has 1 unspecified atom stereocenters. The molecule has 0 radical (unpaired) electrons. The zero-order valence-electron chi connectivity index (χ0n) is 11.5. The molecular weight excluding hydrogens is 282 g/mol. The van der Waals surface area contributed by atoms with Crippen LogP contribution < -0.4 is 11.1 Å². The van der Waals surface area contributed by atoms with E-state index in [1.807, 2.05) is 43.3 Å². The Bertz CT molecular complexity index is 783. The van der Waals surface area contributed by atoms with E-state index in [1.54, 1.807) is 12.4 Å². The van der Waals surface area contributed by atoms with Crippen LogP contribution in [0, 0.1) is 0 Å². The second kappa shape index (κ2) is 5.54. The molecule has 2 heterocycles. The number of nitrogens with one attached hydrogen (secondary N) is 1. The normalized spacial score (nSPS) is 12.2. The molecule has 0 fully saturated rings. The lowest BCUT2D eigenvalue weighted by molar-refractivity contribution is 0.0944. The molecule has 5 heteroatoms. The standard InChI is InChI=1S/C16H15N3OS/c1-10(11-4-6-18-7-5-11)19-16(20)15-9-12-8-13(17)2-3-14(12)21-15/h2-10H,17H2,1H3,(H,19,20). The van der Waals surface area contributed by atoms with Crippen LogP contribution in [-0.4, -0.2) is 10.9 Å². The summed E-state index contributed by atoms with van der Waals surface area (Å²) >= 11 is 1.47. The molecular formula is C16H15N3OS. The maximum atomic E-state index is 12.3. The summed E-state index contributed by atoms with van der Waals surface area (Å²) < 4.78 is 1.06. The number of hydrogen-bond donors (Lipinski definition) is 2. The zero-order chi connectivity index (χ0) is 14.8.